The van der Waals surface area contributed by atoms with E-state index < -0.39 is 11.8 Å². The molecule has 0 bridgehead atoms. The highest BCUT2D eigenvalue weighted by atomic mass is 16.2. The minimum atomic E-state index is -0.705. The first-order chi connectivity index (χ1) is 8.17. The fourth-order valence-corrected chi connectivity index (χ4v) is 1.13. The van der Waals surface area contributed by atoms with Gasteiger partial charge in [0, 0.05) is 12.2 Å². The summed E-state index contributed by atoms with van der Waals surface area (Å²) in [6.07, 6.45) is 0.774. The zero-order valence-electron chi connectivity index (χ0n) is 9.49. The van der Waals surface area contributed by atoms with Gasteiger partial charge in [0.25, 0.3) is 0 Å². The molecule has 2 amide bonds. The van der Waals surface area contributed by atoms with E-state index in [0.29, 0.717) is 17.8 Å². The lowest BCUT2D eigenvalue weighted by atomic mass is 10.2. The van der Waals surface area contributed by atoms with Crippen molar-refractivity contribution in [3.8, 4) is 6.07 Å². The van der Waals surface area contributed by atoms with Gasteiger partial charge in [-0.1, -0.05) is 6.92 Å². The molecule has 0 saturated carbocycles. The van der Waals surface area contributed by atoms with Crippen LogP contribution in [0.1, 0.15) is 18.9 Å². The second kappa shape index (κ2) is 6.28. The standard InChI is InChI=1S/C12H13N3O2/c1-2-7-14-11(16)12(17)15-10-5-3-9(8-13)4-6-10/h3-6H,2,7H2,1H3,(H,14,16)(H,15,17). The molecule has 88 valence electrons. The van der Waals surface area contributed by atoms with Crippen molar-refractivity contribution >= 4 is 17.5 Å². The fraction of sp³-hybridized carbons (Fsp3) is 0.250. The summed E-state index contributed by atoms with van der Waals surface area (Å²) in [7, 11) is 0. The van der Waals surface area contributed by atoms with Gasteiger partial charge in [0.1, 0.15) is 0 Å². The van der Waals surface area contributed by atoms with Crippen LogP contribution in [0.3, 0.4) is 0 Å². The summed E-state index contributed by atoms with van der Waals surface area (Å²) >= 11 is 0. The van der Waals surface area contributed by atoms with E-state index in [1.807, 2.05) is 13.0 Å². The molecule has 0 saturated heterocycles. The van der Waals surface area contributed by atoms with Gasteiger partial charge in [0.05, 0.1) is 11.6 Å². The molecule has 2 N–H and O–H groups in total. The highest BCUT2D eigenvalue weighted by molar-refractivity contribution is 6.39. The van der Waals surface area contributed by atoms with E-state index in [4.69, 9.17) is 5.26 Å². The van der Waals surface area contributed by atoms with Crippen LogP contribution in [0.2, 0.25) is 0 Å². The van der Waals surface area contributed by atoms with E-state index in [9.17, 15) is 9.59 Å². The Morgan fingerprint density at radius 1 is 1.24 bits per heavy atom. The number of nitrogens with zero attached hydrogens (tertiary/aromatic N) is 1. The number of nitriles is 1. The van der Waals surface area contributed by atoms with Crippen molar-refractivity contribution in [1.29, 1.82) is 5.26 Å². The van der Waals surface area contributed by atoms with E-state index in [1.54, 1.807) is 24.3 Å². The van der Waals surface area contributed by atoms with Crippen molar-refractivity contribution in [3.63, 3.8) is 0 Å². The van der Waals surface area contributed by atoms with Gasteiger partial charge in [0.15, 0.2) is 0 Å². The first-order valence-corrected chi connectivity index (χ1v) is 5.26. The molecule has 17 heavy (non-hydrogen) atoms. The molecule has 0 radical (unpaired) electrons. The van der Waals surface area contributed by atoms with E-state index >= 15 is 0 Å². The number of anilines is 1. The molecule has 0 fully saturated rings. The van der Waals surface area contributed by atoms with E-state index in [0.717, 1.165) is 6.42 Å². The number of nitrogens with one attached hydrogen (secondary N) is 2. The molecule has 0 aromatic heterocycles. The van der Waals surface area contributed by atoms with Crippen molar-refractivity contribution in [1.82, 2.24) is 5.32 Å². The Morgan fingerprint density at radius 2 is 1.88 bits per heavy atom. The molecular formula is C12H13N3O2. The maximum absolute atomic E-state index is 11.4. The Hall–Kier alpha value is -2.35. The fourth-order valence-electron chi connectivity index (χ4n) is 1.13. The maximum atomic E-state index is 11.4. The van der Waals surface area contributed by atoms with Gasteiger partial charge in [-0.3, -0.25) is 9.59 Å². The number of benzene rings is 1. The van der Waals surface area contributed by atoms with Crippen LogP contribution in [0, 0.1) is 11.3 Å². The van der Waals surface area contributed by atoms with Crippen LogP contribution in [-0.2, 0) is 9.59 Å². The molecule has 0 heterocycles. The second-order valence-electron chi connectivity index (χ2n) is 3.40. The summed E-state index contributed by atoms with van der Waals surface area (Å²) in [5, 5.41) is 13.5. The Kier molecular flexibility index (Phi) is 4.70. The maximum Gasteiger partial charge on any atom is 0.313 e. The topological polar surface area (TPSA) is 82.0 Å². The predicted octanol–water partition coefficient (Wildman–Crippen LogP) is 1.02. The third kappa shape index (κ3) is 3.95. The molecular weight excluding hydrogens is 218 g/mol. The van der Waals surface area contributed by atoms with E-state index in [-0.39, 0.29) is 0 Å². The van der Waals surface area contributed by atoms with Crippen LogP contribution in [0.25, 0.3) is 0 Å². The van der Waals surface area contributed by atoms with Gasteiger partial charge in [-0.05, 0) is 30.7 Å². The molecule has 0 aliphatic heterocycles. The number of hydrogen-bond donors (Lipinski definition) is 2. The lowest BCUT2D eigenvalue weighted by Gasteiger charge is -2.05. The summed E-state index contributed by atoms with van der Waals surface area (Å²) < 4.78 is 0. The van der Waals surface area contributed by atoms with Crippen molar-refractivity contribution in [2.75, 3.05) is 11.9 Å². The summed E-state index contributed by atoms with van der Waals surface area (Å²) in [5.74, 6) is -1.36. The summed E-state index contributed by atoms with van der Waals surface area (Å²) in [4.78, 5) is 22.6. The average Bonchev–Trinajstić information content (AvgIpc) is 2.36. The van der Waals surface area contributed by atoms with Crippen LogP contribution in [0.5, 0.6) is 0 Å². The Balaban J connectivity index is 2.56. The number of rotatable bonds is 3. The molecule has 1 aromatic carbocycles. The minimum absolute atomic E-state index is 0.472. The Morgan fingerprint density at radius 3 is 2.41 bits per heavy atom. The first kappa shape index (κ1) is 12.7. The van der Waals surface area contributed by atoms with Gasteiger partial charge >= 0.3 is 11.8 Å². The van der Waals surface area contributed by atoms with E-state index in [1.165, 1.54) is 0 Å². The molecule has 0 aliphatic rings. The SMILES string of the molecule is CCCNC(=O)C(=O)Nc1ccc(C#N)cc1. The lowest BCUT2D eigenvalue weighted by molar-refractivity contribution is -0.136. The molecule has 5 nitrogen and oxygen atoms in total. The Labute approximate surface area is 99.4 Å². The van der Waals surface area contributed by atoms with Gasteiger partial charge in [-0.15, -0.1) is 0 Å². The molecule has 1 aromatic rings. The van der Waals surface area contributed by atoms with Crippen LogP contribution in [0.4, 0.5) is 5.69 Å². The minimum Gasteiger partial charge on any atom is -0.348 e. The molecule has 0 unspecified atom stereocenters. The average molecular weight is 231 g/mol. The first-order valence-electron chi connectivity index (χ1n) is 5.26. The predicted molar refractivity (Wildman–Crippen MR) is 63.1 cm³/mol. The third-order valence-corrected chi connectivity index (χ3v) is 2.01. The number of hydrogen-bond acceptors (Lipinski definition) is 3. The zero-order valence-corrected chi connectivity index (χ0v) is 9.49. The highest BCUT2D eigenvalue weighted by Gasteiger charge is 2.12. The van der Waals surface area contributed by atoms with Crippen LogP contribution >= 0.6 is 0 Å². The molecule has 5 heteroatoms. The number of carbonyl (C=O) groups is 2. The quantitative estimate of drug-likeness (QED) is 0.762. The van der Waals surface area contributed by atoms with Crippen molar-refractivity contribution in [2.24, 2.45) is 0 Å². The van der Waals surface area contributed by atoms with E-state index in [2.05, 4.69) is 10.6 Å². The smallest absolute Gasteiger partial charge is 0.313 e. The van der Waals surface area contributed by atoms with Crippen molar-refractivity contribution in [2.45, 2.75) is 13.3 Å². The molecule has 0 spiro atoms. The molecule has 1 rings (SSSR count). The second-order valence-corrected chi connectivity index (χ2v) is 3.40. The lowest BCUT2D eigenvalue weighted by Crippen LogP contribution is -2.35. The van der Waals surface area contributed by atoms with Crippen LogP contribution < -0.4 is 10.6 Å². The number of amides is 2. The zero-order chi connectivity index (χ0) is 12.7. The summed E-state index contributed by atoms with van der Waals surface area (Å²) in [6.45, 7) is 2.37. The summed E-state index contributed by atoms with van der Waals surface area (Å²) in [5.41, 5.74) is 0.985. The normalized spacial score (nSPS) is 9.18. The van der Waals surface area contributed by atoms with Crippen molar-refractivity contribution in [3.05, 3.63) is 29.8 Å². The highest BCUT2D eigenvalue weighted by Crippen LogP contribution is 2.08. The van der Waals surface area contributed by atoms with Gasteiger partial charge in [0.2, 0.25) is 0 Å². The summed E-state index contributed by atoms with van der Waals surface area (Å²) in [6, 6.07) is 8.25. The third-order valence-electron chi connectivity index (χ3n) is 2.01. The van der Waals surface area contributed by atoms with Crippen molar-refractivity contribution < 1.29 is 9.59 Å². The molecule has 0 aliphatic carbocycles. The number of carbonyl (C=O) groups excluding carboxylic acids is 2. The Bertz CT molecular complexity index is 446. The largest absolute Gasteiger partial charge is 0.348 e. The van der Waals surface area contributed by atoms with Gasteiger partial charge in [-0.25, -0.2) is 0 Å². The monoisotopic (exact) mass is 231 g/mol. The molecule has 0 atom stereocenters. The van der Waals surface area contributed by atoms with Crippen LogP contribution in [0.15, 0.2) is 24.3 Å². The van der Waals surface area contributed by atoms with Gasteiger partial charge < -0.3 is 10.6 Å². The van der Waals surface area contributed by atoms with Crippen LogP contribution in [-0.4, -0.2) is 18.4 Å². The van der Waals surface area contributed by atoms with Gasteiger partial charge in [-0.2, -0.15) is 5.26 Å².